The third kappa shape index (κ3) is 4.73. The molecule has 4 heteroatoms. The third-order valence-corrected chi connectivity index (χ3v) is 16.3. The first kappa shape index (κ1) is 25.8. The van der Waals surface area contributed by atoms with Crippen LogP contribution in [0.15, 0.2) is 146 Å². The van der Waals surface area contributed by atoms with Crippen molar-refractivity contribution >= 4 is 37.2 Å². The van der Waals surface area contributed by atoms with Gasteiger partial charge in [-0.25, -0.2) is 0 Å². The first-order chi connectivity index (χ1) is 17.6. The summed E-state index contributed by atoms with van der Waals surface area (Å²) in [7, 11) is -0.184. The molecule has 0 aliphatic carbocycles. The van der Waals surface area contributed by atoms with E-state index in [2.05, 4.69) is 169 Å². The van der Waals surface area contributed by atoms with Gasteiger partial charge in [-0.3, -0.25) is 0 Å². The first-order valence-corrected chi connectivity index (χ1v) is 16.6. The molecule has 0 unspecified atom stereocenters. The molecule has 0 saturated carbocycles. The smallest absolute Gasteiger partial charge is 0.216 e. The van der Waals surface area contributed by atoms with Crippen LogP contribution in [0.3, 0.4) is 0 Å². The van der Waals surface area contributed by atoms with Gasteiger partial charge in [0, 0.05) is 13.1 Å². The van der Waals surface area contributed by atoms with Crippen LogP contribution < -0.4 is 20.7 Å². The summed E-state index contributed by atoms with van der Waals surface area (Å²) in [5.74, 6) is 0. The molecule has 0 aliphatic heterocycles. The second-order valence-corrected chi connectivity index (χ2v) is 17.0. The predicted molar refractivity (Wildman–Crippen MR) is 161 cm³/mol. The van der Waals surface area contributed by atoms with Crippen LogP contribution in [0.4, 0.5) is 0 Å². The molecule has 0 heterocycles. The van der Waals surface area contributed by atoms with Crippen LogP contribution in [0.5, 0.6) is 0 Å². The van der Waals surface area contributed by atoms with Gasteiger partial charge in [0.2, 0.25) is 16.5 Å². The SMILES string of the molecule is C=C[Si](c1ccccc1)(c1ccccc1)N(C)CCN(C)[Si](C=C)(c1ccccc1)c1ccccc1. The van der Waals surface area contributed by atoms with E-state index in [0.717, 1.165) is 13.1 Å². The highest BCUT2D eigenvalue weighted by Gasteiger charge is 2.42. The fourth-order valence-electron chi connectivity index (χ4n) is 5.42. The average molecular weight is 505 g/mol. The van der Waals surface area contributed by atoms with E-state index < -0.39 is 16.5 Å². The molecule has 0 fully saturated rings. The molecule has 36 heavy (non-hydrogen) atoms. The number of rotatable bonds is 11. The molecule has 2 nitrogen and oxygen atoms in total. The Hall–Kier alpha value is -3.29. The molecule has 0 N–H and O–H groups in total. The van der Waals surface area contributed by atoms with E-state index in [4.69, 9.17) is 0 Å². The van der Waals surface area contributed by atoms with Crippen LogP contribution >= 0.6 is 0 Å². The van der Waals surface area contributed by atoms with Gasteiger partial charge in [-0.1, -0.05) is 133 Å². The Morgan fingerprint density at radius 3 is 0.889 bits per heavy atom. The minimum absolute atomic E-state index is 0.917. The van der Waals surface area contributed by atoms with Gasteiger partial charge < -0.3 is 9.13 Å². The quantitative estimate of drug-likeness (QED) is 0.287. The summed E-state index contributed by atoms with van der Waals surface area (Å²) in [6, 6.07) is 43.6. The van der Waals surface area contributed by atoms with Crippen molar-refractivity contribution in [3.8, 4) is 0 Å². The highest BCUT2D eigenvalue weighted by atomic mass is 28.3. The minimum atomic E-state index is -2.36. The van der Waals surface area contributed by atoms with Crippen molar-refractivity contribution in [2.75, 3.05) is 27.2 Å². The molecule has 0 saturated heterocycles. The van der Waals surface area contributed by atoms with E-state index >= 15 is 0 Å². The average Bonchev–Trinajstić information content (AvgIpc) is 2.96. The minimum Gasteiger partial charge on any atom is -0.315 e. The highest BCUT2D eigenvalue weighted by Crippen LogP contribution is 2.15. The Morgan fingerprint density at radius 1 is 0.472 bits per heavy atom. The Bertz CT molecular complexity index is 1060. The molecule has 182 valence electrons. The van der Waals surface area contributed by atoms with Gasteiger partial charge in [-0.2, -0.15) is 0 Å². The van der Waals surface area contributed by atoms with E-state index in [9.17, 15) is 0 Å². The lowest BCUT2D eigenvalue weighted by molar-refractivity contribution is 0.427. The summed E-state index contributed by atoms with van der Waals surface area (Å²) in [6.45, 7) is 10.6. The van der Waals surface area contributed by atoms with Crippen LogP contribution in [-0.2, 0) is 0 Å². The molecular formula is C32H36N2Si2. The number of nitrogens with zero attached hydrogens (tertiary/aromatic N) is 2. The zero-order valence-electron chi connectivity index (χ0n) is 21.4. The number of benzene rings is 4. The fraction of sp³-hybridized carbons (Fsp3) is 0.125. The van der Waals surface area contributed by atoms with Gasteiger partial charge in [0.05, 0.1) is 0 Å². The lowest BCUT2D eigenvalue weighted by Gasteiger charge is -2.42. The van der Waals surface area contributed by atoms with E-state index in [1.54, 1.807) is 0 Å². The summed E-state index contributed by atoms with van der Waals surface area (Å²) in [5, 5.41) is 5.42. The van der Waals surface area contributed by atoms with Crippen molar-refractivity contribution in [2.45, 2.75) is 0 Å². The van der Waals surface area contributed by atoms with E-state index in [1.807, 2.05) is 0 Å². The number of hydrogen-bond donors (Lipinski definition) is 0. The largest absolute Gasteiger partial charge is 0.315 e. The van der Waals surface area contributed by atoms with E-state index in [0.29, 0.717) is 0 Å². The second kappa shape index (κ2) is 11.6. The Morgan fingerprint density at radius 2 is 0.694 bits per heavy atom. The molecule has 0 amide bonds. The second-order valence-electron chi connectivity index (χ2n) is 9.25. The van der Waals surface area contributed by atoms with Gasteiger partial charge in [0.1, 0.15) is 0 Å². The molecule has 0 aromatic heterocycles. The van der Waals surface area contributed by atoms with Crippen LogP contribution in [0.1, 0.15) is 0 Å². The maximum atomic E-state index is 4.39. The van der Waals surface area contributed by atoms with Crippen LogP contribution in [0.25, 0.3) is 0 Å². The van der Waals surface area contributed by atoms with Crippen molar-refractivity contribution in [1.29, 1.82) is 0 Å². The summed E-state index contributed by atoms with van der Waals surface area (Å²) in [4.78, 5) is 0. The zero-order chi connectivity index (χ0) is 25.4. The molecule has 0 radical (unpaired) electrons. The van der Waals surface area contributed by atoms with Crippen molar-refractivity contribution < 1.29 is 0 Å². The molecule has 0 spiro atoms. The Balaban J connectivity index is 1.71. The maximum absolute atomic E-state index is 4.39. The molecular weight excluding hydrogens is 469 g/mol. The lowest BCUT2D eigenvalue weighted by atomic mass is 10.4. The third-order valence-electron chi connectivity index (χ3n) is 7.42. The maximum Gasteiger partial charge on any atom is 0.216 e. The number of likely N-dealkylation sites (N-methyl/N-ethyl adjacent to an activating group) is 2. The van der Waals surface area contributed by atoms with Gasteiger partial charge in [-0.05, 0) is 34.8 Å². The van der Waals surface area contributed by atoms with Crippen molar-refractivity contribution in [1.82, 2.24) is 9.13 Å². The standard InChI is InChI=1S/C32H36N2Si2/c1-5-35(29-19-11-7-12-20-29,30-21-13-8-14-22-30)33(3)27-28-34(4)36(6-2,31-23-15-9-16-24-31)32-25-17-10-18-26-32/h5-26H,1-2,27-28H2,3-4H3. The fourth-order valence-corrected chi connectivity index (χ4v) is 13.1. The highest BCUT2D eigenvalue weighted by molar-refractivity contribution is 7.04. The molecule has 0 aliphatic rings. The van der Waals surface area contributed by atoms with Crippen molar-refractivity contribution in [3.63, 3.8) is 0 Å². The summed E-state index contributed by atoms with van der Waals surface area (Å²) in [5.41, 5.74) is 4.45. The summed E-state index contributed by atoms with van der Waals surface area (Å²) < 4.78 is 5.14. The topological polar surface area (TPSA) is 6.48 Å². The molecule has 4 aromatic carbocycles. The normalized spacial score (nSPS) is 12.0. The van der Waals surface area contributed by atoms with Gasteiger partial charge in [0.25, 0.3) is 0 Å². The van der Waals surface area contributed by atoms with Crippen LogP contribution in [-0.4, -0.2) is 52.8 Å². The zero-order valence-corrected chi connectivity index (χ0v) is 23.4. The lowest BCUT2D eigenvalue weighted by Crippen LogP contribution is -2.71. The van der Waals surface area contributed by atoms with Gasteiger partial charge >= 0.3 is 0 Å². The molecule has 0 bridgehead atoms. The molecule has 4 aromatic rings. The van der Waals surface area contributed by atoms with Crippen molar-refractivity contribution in [2.24, 2.45) is 0 Å². The van der Waals surface area contributed by atoms with Crippen LogP contribution in [0.2, 0.25) is 0 Å². The number of hydrogen-bond acceptors (Lipinski definition) is 2. The Kier molecular flexibility index (Phi) is 8.34. The monoisotopic (exact) mass is 504 g/mol. The van der Waals surface area contributed by atoms with E-state index in [1.165, 1.54) is 20.7 Å². The summed E-state index contributed by atoms with van der Waals surface area (Å²) >= 11 is 0. The van der Waals surface area contributed by atoms with Crippen molar-refractivity contribution in [3.05, 3.63) is 146 Å². The predicted octanol–water partition coefficient (Wildman–Crippen LogP) is 3.82. The van der Waals surface area contributed by atoms with Gasteiger partial charge in [-0.15, -0.1) is 13.2 Å². The van der Waals surface area contributed by atoms with Gasteiger partial charge in [0.15, 0.2) is 0 Å². The Labute approximate surface area is 219 Å². The summed E-state index contributed by atoms with van der Waals surface area (Å²) in [6.07, 6.45) is 0. The van der Waals surface area contributed by atoms with E-state index in [-0.39, 0.29) is 0 Å². The van der Waals surface area contributed by atoms with Crippen LogP contribution in [0, 0.1) is 0 Å². The first-order valence-electron chi connectivity index (χ1n) is 12.5. The molecule has 0 atom stereocenters. The molecule has 4 rings (SSSR count).